The van der Waals surface area contributed by atoms with E-state index < -0.39 is 132 Å². The van der Waals surface area contributed by atoms with Gasteiger partial charge >= 0.3 is 21.2 Å². The van der Waals surface area contributed by atoms with Gasteiger partial charge in [-0.2, -0.15) is 54.1 Å². The van der Waals surface area contributed by atoms with Crippen LogP contribution in [0.1, 0.15) is 0 Å². The molecule has 7 rings (SSSR count). The van der Waals surface area contributed by atoms with Crippen molar-refractivity contribution < 1.29 is 92.3 Å². The molecule has 396 valence electrons. The van der Waals surface area contributed by atoms with Gasteiger partial charge in [-0.05, 0) is 96.4 Å². The molecule has 0 saturated carbocycles. The van der Waals surface area contributed by atoms with Crippen LogP contribution in [0.2, 0.25) is 0 Å². The number of rotatable bonds is 13. The van der Waals surface area contributed by atoms with Crippen LogP contribution in [0.15, 0.2) is 170 Å². The number of nitro groups is 1. The highest BCUT2D eigenvalue weighted by atomic mass is 32.2. The number of nitrogens with zero attached hydrogens (tertiary/aromatic N) is 9. The van der Waals surface area contributed by atoms with E-state index in [0.29, 0.717) is 11.8 Å². The SMILES string of the molecule is Nc1c(N=Nc2ccc3c(O)c(N=Nc4ccc(N=Nc5ccc(S(=O)(=O)O)cc5)cc4)c(S(=O)(=O)O)cc3c2)cc(S(=O)(=O)O)c2ccc(N=Nc3ccc([N+](=O)[O-])cc3S(=O)(=O)O)c(O)c12.O=S(=O)=O.O=S(=O)=O. The number of hydrogen-bond donors (Lipinski definition) is 7. The summed E-state index contributed by atoms with van der Waals surface area (Å²) in [5.41, 5.74) is 3.55. The lowest BCUT2D eigenvalue weighted by molar-refractivity contribution is -0.385. The summed E-state index contributed by atoms with van der Waals surface area (Å²) in [7, 11) is -25.9. The van der Waals surface area contributed by atoms with E-state index in [1.165, 1.54) is 54.6 Å². The molecule has 0 aliphatic carbocycles. The Balaban J connectivity index is 0.00000124. The molecular weight excluding hydrogens is 1140 g/mol. The van der Waals surface area contributed by atoms with Gasteiger partial charge in [-0.1, -0.05) is 6.07 Å². The molecule has 38 heteroatoms. The topological polar surface area (TPSA) is 528 Å². The monoisotopic (exact) mass is 1170 g/mol. The van der Waals surface area contributed by atoms with Crippen molar-refractivity contribution in [3.05, 3.63) is 119 Å². The third-order valence-electron chi connectivity index (χ3n) is 9.33. The summed E-state index contributed by atoms with van der Waals surface area (Å²) < 4.78 is 186. The van der Waals surface area contributed by atoms with Crippen molar-refractivity contribution in [1.82, 2.24) is 0 Å². The lowest BCUT2D eigenvalue weighted by atomic mass is 10.1. The Kier molecular flexibility index (Phi) is 17.7. The van der Waals surface area contributed by atoms with Crippen LogP contribution in [0.4, 0.5) is 56.9 Å². The second kappa shape index (κ2) is 23.1. The van der Waals surface area contributed by atoms with Gasteiger partial charge in [-0.25, -0.2) is 0 Å². The zero-order valence-corrected chi connectivity index (χ0v) is 41.6. The van der Waals surface area contributed by atoms with Crippen molar-refractivity contribution in [2.75, 3.05) is 5.73 Å². The second-order valence-electron chi connectivity index (χ2n) is 14.2. The molecule has 0 aliphatic rings. The van der Waals surface area contributed by atoms with Crippen molar-refractivity contribution in [3.63, 3.8) is 0 Å². The summed E-state index contributed by atoms with van der Waals surface area (Å²) >= 11 is 0. The van der Waals surface area contributed by atoms with Crippen LogP contribution < -0.4 is 5.73 Å². The largest absolute Gasteiger partial charge is 0.505 e. The zero-order chi connectivity index (χ0) is 56.7. The number of aromatic hydroxyl groups is 2. The summed E-state index contributed by atoms with van der Waals surface area (Å²) in [6.07, 6.45) is 0. The predicted molar refractivity (Wildman–Crippen MR) is 257 cm³/mol. The number of phenols is 2. The third-order valence-corrected chi connectivity index (χ3v) is 12.8. The Morgan fingerprint density at radius 2 is 0.882 bits per heavy atom. The second-order valence-corrected chi connectivity index (χ2v) is 20.6. The lowest BCUT2D eigenvalue weighted by Crippen LogP contribution is -2.01. The molecule has 0 aliphatic heterocycles. The number of nitro benzene ring substituents is 1. The van der Waals surface area contributed by atoms with Crippen molar-refractivity contribution in [2.45, 2.75) is 19.6 Å². The summed E-state index contributed by atoms with van der Waals surface area (Å²) in [5, 5.41) is 63.8. The average molecular weight is 1170 g/mol. The molecule has 0 spiro atoms. The van der Waals surface area contributed by atoms with Gasteiger partial charge in [0.15, 0.2) is 11.5 Å². The first-order chi connectivity index (χ1) is 35.3. The molecule has 7 aromatic rings. The highest BCUT2D eigenvalue weighted by Crippen LogP contribution is 2.47. The van der Waals surface area contributed by atoms with E-state index in [4.69, 9.17) is 35.5 Å². The van der Waals surface area contributed by atoms with E-state index >= 15 is 0 Å². The number of nitrogens with two attached hydrogens (primary N) is 1. The van der Waals surface area contributed by atoms with Gasteiger partial charge in [0.2, 0.25) is 0 Å². The smallest absolute Gasteiger partial charge is 0.425 e. The van der Waals surface area contributed by atoms with Crippen LogP contribution in [0, 0.1) is 10.1 Å². The summed E-state index contributed by atoms with van der Waals surface area (Å²) in [6, 6.07) is 20.3. The van der Waals surface area contributed by atoms with Crippen molar-refractivity contribution in [1.29, 1.82) is 0 Å². The Labute approximate surface area is 427 Å². The normalized spacial score (nSPS) is 12.2. The number of benzene rings is 7. The molecule has 0 atom stereocenters. The van der Waals surface area contributed by atoms with Gasteiger partial charge in [0, 0.05) is 22.9 Å². The fourth-order valence-corrected chi connectivity index (χ4v) is 8.65. The van der Waals surface area contributed by atoms with Gasteiger partial charge in [0.1, 0.15) is 37.4 Å². The molecule has 0 unspecified atom stereocenters. The van der Waals surface area contributed by atoms with E-state index in [-0.39, 0.29) is 38.1 Å². The molecule has 0 heterocycles. The van der Waals surface area contributed by atoms with E-state index in [1.807, 2.05) is 0 Å². The van der Waals surface area contributed by atoms with Crippen LogP contribution in [0.25, 0.3) is 21.5 Å². The first-order valence-corrected chi connectivity index (χ1v) is 27.0. The lowest BCUT2D eigenvalue weighted by Gasteiger charge is -2.12. The van der Waals surface area contributed by atoms with Crippen molar-refractivity contribution in [3.8, 4) is 11.5 Å². The van der Waals surface area contributed by atoms with Crippen molar-refractivity contribution >= 4 is 140 Å². The molecule has 0 radical (unpaired) electrons. The number of azo groups is 4. The van der Waals surface area contributed by atoms with Crippen molar-refractivity contribution in [2.24, 2.45) is 40.9 Å². The number of non-ortho nitro benzene ring substituents is 1. The standard InChI is InChI=1S/C38H26N10O16S4.2O3S/c39-35-30(18-31(66(56,57)58)27-12-14-29(38(50)34(27)35)45-44-28-13-8-24(48(51)52)17-32(28)67(59,60)61)46-43-23-7-11-26-19(15-23)16-33(68(62,63)64)36(37(26)49)47-42-21-3-1-20(2-4-21)40-41-22-5-9-25(10-6-22)65(53,54)55;2*1-4(2)3/h1-18,49-50H,39H2,(H,53,54,55)(H,56,57,58)(H,59,60,61)(H,62,63,64);;. The van der Waals surface area contributed by atoms with Gasteiger partial charge in [-0.15, -0.1) is 45.7 Å². The van der Waals surface area contributed by atoms with E-state index in [0.717, 1.165) is 48.5 Å². The molecule has 7 aromatic carbocycles. The van der Waals surface area contributed by atoms with Gasteiger partial charge in [-0.3, -0.25) is 28.3 Å². The molecule has 0 amide bonds. The Bertz CT molecular complexity index is 4320. The first-order valence-electron chi connectivity index (χ1n) is 19.2. The number of hydrogen-bond acceptors (Lipinski definition) is 27. The maximum atomic E-state index is 12.5. The van der Waals surface area contributed by atoms with Gasteiger partial charge in [0.25, 0.3) is 46.2 Å². The van der Waals surface area contributed by atoms with Crippen LogP contribution >= 0.6 is 0 Å². The van der Waals surface area contributed by atoms with E-state index in [2.05, 4.69) is 40.9 Å². The minimum Gasteiger partial charge on any atom is -0.505 e. The van der Waals surface area contributed by atoms with E-state index in [9.17, 15) is 67.7 Å². The average Bonchev–Trinajstić information content (AvgIpc) is 3.31. The van der Waals surface area contributed by atoms with Crippen LogP contribution in [0.5, 0.6) is 11.5 Å². The Morgan fingerprint density at radius 1 is 0.447 bits per heavy atom. The first kappa shape index (κ1) is 58.0. The van der Waals surface area contributed by atoms with E-state index in [1.54, 1.807) is 0 Å². The molecule has 0 saturated heterocycles. The highest BCUT2D eigenvalue weighted by molar-refractivity contribution is 7.86. The Hall–Kier alpha value is -8.86. The zero-order valence-electron chi connectivity index (χ0n) is 36.7. The van der Waals surface area contributed by atoms with Crippen LogP contribution in [-0.2, 0) is 61.7 Å². The molecular formula is C38H26N10O22S6. The highest BCUT2D eigenvalue weighted by Gasteiger charge is 2.25. The maximum absolute atomic E-state index is 12.5. The predicted octanol–water partition coefficient (Wildman–Crippen LogP) is 7.53. The number of fused-ring (bicyclic) bond motifs is 2. The minimum absolute atomic E-state index is 0.0198. The Morgan fingerprint density at radius 3 is 1.38 bits per heavy atom. The molecule has 0 aromatic heterocycles. The third kappa shape index (κ3) is 14.9. The molecule has 0 bridgehead atoms. The summed E-state index contributed by atoms with van der Waals surface area (Å²) in [4.78, 5) is 7.18. The van der Waals surface area contributed by atoms with Crippen LogP contribution in [0.3, 0.4) is 0 Å². The number of phenolic OH excluding ortho intramolecular Hbond substituents is 2. The molecule has 76 heavy (non-hydrogen) atoms. The number of anilines is 1. The molecule has 0 fully saturated rings. The summed E-state index contributed by atoms with van der Waals surface area (Å²) in [6.45, 7) is 0. The van der Waals surface area contributed by atoms with Crippen LogP contribution in [-0.4, -0.2) is 92.3 Å². The maximum Gasteiger partial charge on any atom is 0.425 e. The fraction of sp³-hybridized carbons (Fsp3) is 0. The fourth-order valence-electron chi connectivity index (χ4n) is 6.16. The minimum atomic E-state index is -5.10. The molecule has 8 N–H and O–H groups in total. The number of nitrogen functional groups attached to an aromatic ring is 1. The summed E-state index contributed by atoms with van der Waals surface area (Å²) in [5.74, 6) is -1.62. The quantitative estimate of drug-likeness (QED) is 0.0193. The van der Waals surface area contributed by atoms with Gasteiger partial charge in [0.05, 0.1) is 43.6 Å². The molecule has 32 nitrogen and oxygen atoms in total. The van der Waals surface area contributed by atoms with Gasteiger partial charge < -0.3 is 15.9 Å².